The molecule has 0 saturated heterocycles. The Hall–Kier alpha value is -2.95. The first-order chi connectivity index (χ1) is 13.0. The summed E-state index contributed by atoms with van der Waals surface area (Å²) in [5, 5.41) is 9.32. The Labute approximate surface area is 163 Å². The van der Waals surface area contributed by atoms with E-state index in [0.29, 0.717) is 26.5 Å². The van der Waals surface area contributed by atoms with Crippen molar-refractivity contribution in [2.75, 3.05) is 6.61 Å². The van der Waals surface area contributed by atoms with E-state index in [2.05, 4.69) is 4.99 Å². The van der Waals surface area contributed by atoms with E-state index < -0.39 is 11.9 Å². The summed E-state index contributed by atoms with van der Waals surface area (Å²) in [4.78, 5) is 29.1. The van der Waals surface area contributed by atoms with Gasteiger partial charge in [-0.25, -0.2) is 0 Å². The number of rotatable bonds is 4. The van der Waals surface area contributed by atoms with E-state index in [1.54, 1.807) is 47.9 Å². The van der Waals surface area contributed by atoms with Crippen molar-refractivity contribution in [3.05, 3.63) is 63.4 Å². The van der Waals surface area contributed by atoms with Crippen molar-refractivity contribution in [1.29, 1.82) is 5.26 Å². The molecule has 136 valence electrons. The van der Waals surface area contributed by atoms with Crippen molar-refractivity contribution in [3.63, 3.8) is 0 Å². The number of carbonyl (C=O) groups excluding carboxylic acids is 2. The SMILES string of the molecule is CCOC(=O)Cn1c(=NC(=O)c2ccc(C#N)cc2)sc2cccc(Cl)c21. The van der Waals surface area contributed by atoms with Gasteiger partial charge in [-0.3, -0.25) is 9.59 Å². The largest absolute Gasteiger partial charge is 0.465 e. The first-order valence-corrected chi connectivity index (χ1v) is 9.25. The van der Waals surface area contributed by atoms with E-state index in [-0.39, 0.29) is 13.2 Å². The van der Waals surface area contributed by atoms with Crippen LogP contribution in [0.5, 0.6) is 0 Å². The monoisotopic (exact) mass is 399 g/mol. The number of thiazole rings is 1. The van der Waals surface area contributed by atoms with Gasteiger partial charge in [0.25, 0.3) is 5.91 Å². The number of nitrogens with zero attached hydrogens (tertiary/aromatic N) is 3. The maximum Gasteiger partial charge on any atom is 0.326 e. The van der Waals surface area contributed by atoms with E-state index >= 15 is 0 Å². The first-order valence-electron chi connectivity index (χ1n) is 8.06. The number of fused-ring (bicyclic) bond motifs is 1. The molecule has 1 heterocycles. The molecule has 6 nitrogen and oxygen atoms in total. The quantitative estimate of drug-likeness (QED) is 0.628. The number of nitriles is 1. The van der Waals surface area contributed by atoms with Gasteiger partial charge in [0.05, 0.1) is 33.5 Å². The lowest BCUT2D eigenvalue weighted by Gasteiger charge is -2.06. The molecule has 0 unspecified atom stereocenters. The average Bonchev–Trinajstić information content (AvgIpc) is 3.00. The lowest BCUT2D eigenvalue weighted by atomic mass is 10.1. The van der Waals surface area contributed by atoms with Crippen LogP contribution in [-0.2, 0) is 16.1 Å². The number of halogens is 1. The molecule has 3 aromatic rings. The Bertz CT molecular complexity index is 1120. The zero-order valence-corrected chi connectivity index (χ0v) is 15.9. The zero-order valence-electron chi connectivity index (χ0n) is 14.3. The van der Waals surface area contributed by atoms with Crippen molar-refractivity contribution < 1.29 is 14.3 Å². The summed E-state index contributed by atoms with van der Waals surface area (Å²) in [6.07, 6.45) is 0. The standard InChI is InChI=1S/C19H14ClN3O3S/c1-2-26-16(24)11-23-17-14(20)4-3-5-15(17)27-19(23)22-18(25)13-8-6-12(10-21)7-9-13/h3-9H,2,11H2,1H3. The molecular formula is C19H14ClN3O3S. The van der Waals surface area contributed by atoms with Crippen molar-refractivity contribution in [2.45, 2.75) is 13.5 Å². The Morgan fingerprint density at radius 2 is 2.00 bits per heavy atom. The lowest BCUT2D eigenvalue weighted by molar-refractivity contribution is -0.143. The van der Waals surface area contributed by atoms with Gasteiger partial charge in [-0.1, -0.05) is 29.0 Å². The van der Waals surface area contributed by atoms with Gasteiger partial charge in [0, 0.05) is 5.56 Å². The van der Waals surface area contributed by atoms with Gasteiger partial charge in [0.2, 0.25) is 0 Å². The molecule has 0 N–H and O–H groups in total. The Morgan fingerprint density at radius 3 is 2.67 bits per heavy atom. The van der Waals surface area contributed by atoms with Gasteiger partial charge < -0.3 is 9.30 Å². The summed E-state index contributed by atoms with van der Waals surface area (Å²) in [5.74, 6) is -0.913. The summed E-state index contributed by atoms with van der Waals surface area (Å²) >= 11 is 7.56. The molecule has 0 radical (unpaired) electrons. The third-order valence-corrected chi connectivity index (χ3v) is 5.05. The molecule has 0 atom stereocenters. The number of hydrogen-bond acceptors (Lipinski definition) is 5. The van der Waals surface area contributed by atoms with Gasteiger partial charge >= 0.3 is 5.97 Å². The molecule has 0 bridgehead atoms. The molecule has 0 aliphatic rings. The van der Waals surface area contributed by atoms with Crippen molar-refractivity contribution in [2.24, 2.45) is 4.99 Å². The predicted octanol–water partition coefficient (Wildman–Crippen LogP) is 3.53. The minimum Gasteiger partial charge on any atom is -0.465 e. The Morgan fingerprint density at radius 1 is 1.26 bits per heavy atom. The van der Waals surface area contributed by atoms with Gasteiger partial charge in [-0.15, -0.1) is 0 Å². The summed E-state index contributed by atoms with van der Waals surface area (Å²) in [7, 11) is 0. The highest BCUT2D eigenvalue weighted by molar-refractivity contribution is 7.16. The smallest absolute Gasteiger partial charge is 0.326 e. The number of carbonyl (C=O) groups is 2. The predicted molar refractivity (Wildman–Crippen MR) is 103 cm³/mol. The third-order valence-electron chi connectivity index (χ3n) is 3.70. The highest BCUT2D eigenvalue weighted by Gasteiger charge is 2.15. The van der Waals surface area contributed by atoms with Crippen molar-refractivity contribution in [1.82, 2.24) is 4.57 Å². The highest BCUT2D eigenvalue weighted by atomic mass is 35.5. The number of amides is 1. The van der Waals surface area contributed by atoms with Crippen LogP contribution in [0.2, 0.25) is 5.02 Å². The van der Waals surface area contributed by atoms with Gasteiger partial charge in [0.15, 0.2) is 4.80 Å². The van der Waals surface area contributed by atoms with E-state index in [9.17, 15) is 9.59 Å². The fraction of sp³-hybridized carbons (Fsp3) is 0.158. The van der Waals surface area contributed by atoms with Crippen molar-refractivity contribution in [3.8, 4) is 6.07 Å². The van der Waals surface area contributed by atoms with Crippen LogP contribution < -0.4 is 4.80 Å². The van der Waals surface area contributed by atoms with Crippen LogP contribution in [0.1, 0.15) is 22.8 Å². The number of aromatic nitrogens is 1. The van der Waals surface area contributed by atoms with E-state index in [1.807, 2.05) is 12.1 Å². The highest BCUT2D eigenvalue weighted by Crippen LogP contribution is 2.25. The number of hydrogen-bond donors (Lipinski definition) is 0. The van der Waals surface area contributed by atoms with Gasteiger partial charge in [-0.05, 0) is 43.3 Å². The second kappa shape index (κ2) is 8.16. The molecule has 3 rings (SSSR count). The molecule has 27 heavy (non-hydrogen) atoms. The molecule has 0 aliphatic heterocycles. The van der Waals surface area contributed by atoms with Crippen LogP contribution in [0.3, 0.4) is 0 Å². The van der Waals surface area contributed by atoms with Crippen molar-refractivity contribution >= 4 is 45.0 Å². The molecule has 0 saturated carbocycles. The minimum absolute atomic E-state index is 0.100. The molecular weight excluding hydrogens is 386 g/mol. The second-order valence-electron chi connectivity index (χ2n) is 5.47. The normalized spacial score (nSPS) is 11.4. The van der Waals surface area contributed by atoms with Gasteiger partial charge in [0.1, 0.15) is 6.54 Å². The first kappa shape index (κ1) is 18.8. The number of benzene rings is 2. The average molecular weight is 400 g/mol. The van der Waals surface area contributed by atoms with Gasteiger partial charge in [-0.2, -0.15) is 10.3 Å². The summed E-state index contributed by atoms with van der Waals surface area (Å²) in [6.45, 7) is 1.88. The van der Waals surface area contributed by atoms with E-state index in [0.717, 1.165) is 4.70 Å². The molecule has 0 fully saturated rings. The molecule has 2 aromatic carbocycles. The Kier molecular flexibility index (Phi) is 5.69. The maximum atomic E-state index is 12.5. The van der Waals surface area contributed by atoms with Crippen LogP contribution in [0.4, 0.5) is 0 Å². The Balaban J connectivity index is 2.10. The summed E-state index contributed by atoms with van der Waals surface area (Å²) in [6, 6.07) is 13.5. The van der Waals surface area contributed by atoms with Crippen LogP contribution in [0.15, 0.2) is 47.5 Å². The topological polar surface area (TPSA) is 84.5 Å². The number of para-hydroxylation sites is 1. The lowest BCUT2D eigenvalue weighted by Crippen LogP contribution is -2.23. The second-order valence-corrected chi connectivity index (χ2v) is 6.88. The van der Waals surface area contributed by atoms with Crippen LogP contribution in [0.25, 0.3) is 10.2 Å². The molecule has 0 spiro atoms. The number of ether oxygens (including phenoxy) is 1. The summed E-state index contributed by atoms with van der Waals surface area (Å²) < 4.78 is 7.41. The fourth-order valence-electron chi connectivity index (χ4n) is 2.49. The van der Waals surface area contributed by atoms with E-state index in [1.165, 1.54) is 11.3 Å². The third kappa shape index (κ3) is 4.08. The molecule has 1 amide bonds. The van der Waals surface area contributed by atoms with Crippen LogP contribution in [-0.4, -0.2) is 23.1 Å². The van der Waals surface area contributed by atoms with Crippen LogP contribution >= 0.6 is 22.9 Å². The maximum absolute atomic E-state index is 12.5. The van der Waals surface area contributed by atoms with Crippen LogP contribution in [0, 0.1) is 11.3 Å². The number of esters is 1. The fourth-order valence-corrected chi connectivity index (χ4v) is 3.88. The molecule has 0 aliphatic carbocycles. The summed E-state index contributed by atoms with van der Waals surface area (Å²) in [5.41, 5.74) is 1.43. The zero-order chi connectivity index (χ0) is 19.4. The molecule has 8 heteroatoms. The minimum atomic E-state index is -0.472. The molecule has 1 aromatic heterocycles. The van der Waals surface area contributed by atoms with E-state index in [4.69, 9.17) is 21.6 Å².